The summed E-state index contributed by atoms with van der Waals surface area (Å²) in [5.41, 5.74) is 1.22. The fourth-order valence-corrected chi connectivity index (χ4v) is 2.29. The Morgan fingerprint density at radius 1 is 1.42 bits per heavy atom. The number of nitrogens with one attached hydrogen (secondary N) is 1. The molecule has 9 nitrogen and oxygen atoms in total. The highest BCUT2D eigenvalue weighted by Gasteiger charge is 2.55. The molecule has 1 aliphatic rings. The van der Waals surface area contributed by atoms with Crippen molar-refractivity contribution in [3.8, 4) is 0 Å². The van der Waals surface area contributed by atoms with Crippen molar-refractivity contribution < 1.29 is 24.4 Å². The first-order chi connectivity index (χ1) is 11.5. The van der Waals surface area contributed by atoms with Crippen molar-refractivity contribution in [2.24, 2.45) is 10.3 Å². The lowest BCUT2D eigenvalue weighted by Gasteiger charge is -2.27. The zero-order valence-corrected chi connectivity index (χ0v) is 13.5. The molecule has 0 fully saturated rings. The van der Waals surface area contributed by atoms with Gasteiger partial charge < -0.3 is 9.94 Å². The van der Waals surface area contributed by atoms with E-state index in [9.17, 15) is 9.59 Å². The van der Waals surface area contributed by atoms with Crippen LogP contribution in [0, 0.1) is 0 Å². The molecule has 24 heavy (non-hydrogen) atoms. The van der Waals surface area contributed by atoms with Gasteiger partial charge in [0.25, 0.3) is 17.4 Å². The fraction of sp³-hybridized carbons (Fsp3) is 0.333. The molecule has 0 aromatic heterocycles. The topological polar surface area (TPSA) is 113 Å². The molecular formula is C15H18N4O5. The highest BCUT2D eigenvalue weighted by molar-refractivity contribution is 6.35. The van der Waals surface area contributed by atoms with E-state index < -0.39 is 24.0 Å². The Labute approximate surface area is 138 Å². The maximum atomic E-state index is 13.0. The van der Waals surface area contributed by atoms with Crippen LogP contribution in [0.5, 0.6) is 0 Å². The summed E-state index contributed by atoms with van der Waals surface area (Å²) in [6.45, 7) is 2.30. The number of hydrogen-bond acceptors (Lipinski definition) is 7. The molecule has 9 heteroatoms. The van der Waals surface area contributed by atoms with Crippen LogP contribution in [0.25, 0.3) is 0 Å². The molecule has 1 unspecified atom stereocenters. The van der Waals surface area contributed by atoms with E-state index in [1.165, 1.54) is 14.0 Å². The van der Waals surface area contributed by atoms with E-state index in [0.717, 1.165) is 5.01 Å². The van der Waals surface area contributed by atoms with Crippen LogP contribution in [0.3, 0.4) is 0 Å². The standard InChI is InChI=1S/C15H18N4O5/c1-10-15(11(2)17-23-3,24-18-13(21)9-20)14(22)19(16-10)12-7-5-4-6-8-12/h4-8,20H,9H2,1-3H3,(H,18,21)/b17-11+. The molecular weight excluding hydrogens is 316 g/mol. The third-order valence-electron chi connectivity index (χ3n) is 3.45. The molecule has 1 atom stereocenters. The van der Waals surface area contributed by atoms with Crippen LogP contribution in [-0.2, 0) is 19.3 Å². The number of oxime groups is 1. The maximum Gasteiger partial charge on any atom is 0.294 e. The monoisotopic (exact) mass is 334 g/mol. The van der Waals surface area contributed by atoms with Gasteiger partial charge in [-0.1, -0.05) is 23.4 Å². The predicted octanol–water partition coefficient (Wildman–Crippen LogP) is 0.210. The number of para-hydroxylation sites is 1. The van der Waals surface area contributed by atoms with Gasteiger partial charge in [-0.2, -0.15) is 10.1 Å². The lowest BCUT2D eigenvalue weighted by Crippen LogP contribution is -2.57. The van der Waals surface area contributed by atoms with E-state index in [1.807, 2.05) is 11.5 Å². The van der Waals surface area contributed by atoms with Gasteiger partial charge in [0.2, 0.25) is 0 Å². The Kier molecular flexibility index (Phi) is 5.27. The molecule has 1 aromatic carbocycles. The molecule has 0 aliphatic carbocycles. The number of amides is 2. The van der Waals surface area contributed by atoms with Crippen LogP contribution < -0.4 is 10.5 Å². The number of carbonyl (C=O) groups excluding carboxylic acids is 2. The summed E-state index contributed by atoms with van der Waals surface area (Å²) in [6.07, 6.45) is 0. The second-order valence-corrected chi connectivity index (χ2v) is 4.96. The van der Waals surface area contributed by atoms with Gasteiger partial charge in [0.05, 0.1) is 11.4 Å². The van der Waals surface area contributed by atoms with E-state index in [-0.39, 0.29) is 11.4 Å². The Balaban J connectivity index is 2.43. The first kappa shape index (κ1) is 17.6. The third kappa shape index (κ3) is 2.99. The number of nitrogens with zero attached hydrogens (tertiary/aromatic N) is 3. The number of aliphatic hydroxyl groups is 1. The molecule has 1 aromatic rings. The maximum absolute atomic E-state index is 13.0. The van der Waals surface area contributed by atoms with Crippen molar-refractivity contribution in [3.05, 3.63) is 30.3 Å². The highest BCUT2D eigenvalue weighted by Crippen LogP contribution is 2.30. The summed E-state index contributed by atoms with van der Waals surface area (Å²) in [4.78, 5) is 34.4. The van der Waals surface area contributed by atoms with Gasteiger partial charge >= 0.3 is 0 Å². The average molecular weight is 334 g/mol. The van der Waals surface area contributed by atoms with Crippen LogP contribution in [-0.4, -0.2) is 47.7 Å². The van der Waals surface area contributed by atoms with Gasteiger partial charge in [0.1, 0.15) is 19.4 Å². The van der Waals surface area contributed by atoms with E-state index in [2.05, 4.69) is 10.3 Å². The molecule has 1 heterocycles. The Morgan fingerprint density at radius 2 is 2.08 bits per heavy atom. The normalized spacial score (nSPS) is 20.8. The first-order valence-corrected chi connectivity index (χ1v) is 7.08. The summed E-state index contributed by atoms with van der Waals surface area (Å²) in [7, 11) is 1.32. The molecule has 0 radical (unpaired) electrons. The van der Waals surface area contributed by atoms with Crippen molar-refractivity contribution in [2.75, 3.05) is 18.7 Å². The summed E-state index contributed by atoms with van der Waals surface area (Å²) in [5, 5.41) is 18.0. The molecule has 0 spiro atoms. The second-order valence-electron chi connectivity index (χ2n) is 4.96. The molecule has 2 amide bonds. The molecule has 128 valence electrons. The number of hydrogen-bond donors (Lipinski definition) is 2. The van der Waals surface area contributed by atoms with Crippen molar-refractivity contribution in [1.29, 1.82) is 0 Å². The summed E-state index contributed by atoms with van der Waals surface area (Å²) >= 11 is 0. The Morgan fingerprint density at radius 3 is 2.67 bits per heavy atom. The SMILES string of the molecule is CO/N=C(\C)C1(ONC(=O)CO)C(=O)N(c2ccccc2)N=C1C. The number of benzene rings is 1. The number of aliphatic hydroxyl groups excluding tert-OH is 1. The largest absolute Gasteiger partial charge is 0.399 e. The number of hydrazone groups is 1. The van der Waals surface area contributed by atoms with Gasteiger partial charge in [0.15, 0.2) is 0 Å². The average Bonchev–Trinajstić information content (AvgIpc) is 2.85. The highest BCUT2D eigenvalue weighted by atomic mass is 16.7. The van der Waals surface area contributed by atoms with Crippen molar-refractivity contribution in [1.82, 2.24) is 5.48 Å². The van der Waals surface area contributed by atoms with Gasteiger partial charge in [0, 0.05) is 0 Å². The number of hydroxylamine groups is 1. The molecule has 0 saturated carbocycles. The Hall–Kier alpha value is -2.78. The lowest BCUT2D eigenvalue weighted by molar-refractivity contribution is -0.148. The molecule has 2 rings (SSSR count). The zero-order valence-electron chi connectivity index (χ0n) is 13.5. The van der Waals surface area contributed by atoms with E-state index >= 15 is 0 Å². The van der Waals surface area contributed by atoms with Crippen LogP contribution in [0.1, 0.15) is 13.8 Å². The lowest BCUT2D eigenvalue weighted by atomic mass is 9.93. The van der Waals surface area contributed by atoms with Gasteiger partial charge in [-0.25, -0.2) is 10.3 Å². The smallest absolute Gasteiger partial charge is 0.294 e. The Bertz CT molecular complexity index is 688. The number of carbonyl (C=O) groups is 2. The van der Waals surface area contributed by atoms with Crippen LogP contribution >= 0.6 is 0 Å². The minimum Gasteiger partial charge on any atom is -0.399 e. The fourth-order valence-electron chi connectivity index (χ4n) is 2.29. The van der Waals surface area contributed by atoms with E-state index in [0.29, 0.717) is 5.69 Å². The van der Waals surface area contributed by atoms with Crippen molar-refractivity contribution >= 4 is 28.9 Å². The zero-order chi connectivity index (χ0) is 17.7. The van der Waals surface area contributed by atoms with E-state index in [1.54, 1.807) is 31.2 Å². The summed E-state index contributed by atoms with van der Waals surface area (Å²) < 4.78 is 0. The molecule has 1 aliphatic heterocycles. The van der Waals surface area contributed by atoms with Crippen LogP contribution in [0.2, 0.25) is 0 Å². The second kappa shape index (κ2) is 7.20. The molecule has 0 bridgehead atoms. The first-order valence-electron chi connectivity index (χ1n) is 7.08. The predicted molar refractivity (Wildman–Crippen MR) is 86.2 cm³/mol. The van der Waals surface area contributed by atoms with Gasteiger partial charge in [-0.15, -0.1) is 0 Å². The minimum absolute atomic E-state index is 0.146. The van der Waals surface area contributed by atoms with E-state index in [4.69, 9.17) is 14.8 Å². The van der Waals surface area contributed by atoms with Crippen LogP contribution in [0.4, 0.5) is 5.69 Å². The quantitative estimate of drug-likeness (QED) is 0.570. The van der Waals surface area contributed by atoms with Crippen molar-refractivity contribution in [3.63, 3.8) is 0 Å². The van der Waals surface area contributed by atoms with Crippen LogP contribution in [0.15, 0.2) is 40.6 Å². The van der Waals surface area contributed by atoms with Gasteiger partial charge in [-0.05, 0) is 26.0 Å². The number of anilines is 1. The molecule has 0 saturated heterocycles. The van der Waals surface area contributed by atoms with Crippen molar-refractivity contribution in [2.45, 2.75) is 19.4 Å². The minimum atomic E-state index is -1.75. The van der Waals surface area contributed by atoms with Gasteiger partial charge in [-0.3, -0.25) is 9.59 Å². The molecule has 2 N–H and O–H groups in total. The summed E-state index contributed by atoms with van der Waals surface area (Å²) in [5.74, 6) is -1.37. The summed E-state index contributed by atoms with van der Waals surface area (Å²) in [6, 6.07) is 8.75. The third-order valence-corrected chi connectivity index (χ3v) is 3.45. The number of rotatable bonds is 6.